The molecule has 0 aliphatic carbocycles. The minimum Gasteiger partial charge on any atom is -0.493 e. The number of methoxy groups -OCH3 is 2. The maximum Gasteiger partial charge on any atom is 0.176 e. The van der Waals surface area contributed by atoms with Gasteiger partial charge in [-0.25, -0.2) is 0 Å². The monoisotopic (exact) mass is 292 g/mol. The van der Waals surface area contributed by atoms with E-state index in [1.807, 2.05) is 18.2 Å². The molecule has 1 unspecified atom stereocenters. The third-order valence-corrected chi connectivity index (χ3v) is 3.14. The number of tetrazole rings is 1. The van der Waals surface area contributed by atoms with Gasteiger partial charge in [-0.15, -0.1) is 10.2 Å². The zero-order chi connectivity index (χ0) is 15.2. The summed E-state index contributed by atoms with van der Waals surface area (Å²) in [6.45, 7) is 0. The van der Waals surface area contributed by atoms with Crippen molar-refractivity contribution in [2.24, 2.45) is 12.9 Å². The lowest BCUT2D eigenvalue weighted by atomic mass is 10.0. The molecule has 2 aromatic rings. The third-order valence-electron chi connectivity index (χ3n) is 3.14. The highest BCUT2D eigenvalue weighted by molar-refractivity contribution is 5.43. The Balaban J connectivity index is 2.07. The Morgan fingerprint density at radius 2 is 2.00 bits per heavy atom. The van der Waals surface area contributed by atoms with E-state index in [0.717, 1.165) is 12.0 Å². The van der Waals surface area contributed by atoms with Gasteiger partial charge in [-0.2, -0.15) is 4.80 Å². The van der Waals surface area contributed by atoms with Crippen molar-refractivity contribution >= 4 is 0 Å². The average molecular weight is 292 g/mol. The van der Waals surface area contributed by atoms with Crippen molar-refractivity contribution in [1.82, 2.24) is 25.6 Å². The lowest BCUT2D eigenvalue weighted by Gasteiger charge is -2.15. The molecular formula is C13H20N6O2. The van der Waals surface area contributed by atoms with Gasteiger partial charge in [0.1, 0.15) is 0 Å². The Labute approximate surface area is 123 Å². The molecule has 0 amide bonds. The maximum absolute atomic E-state index is 5.61. The van der Waals surface area contributed by atoms with E-state index in [1.54, 1.807) is 21.3 Å². The van der Waals surface area contributed by atoms with Crippen LogP contribution in [0.4, 0.5) is 0 Å². The molecule has 1 aromatic carbocycles. The van der Waals surface area contributed by atoms with Crippen molar-refractivity contribution < 1.29 is 9.47 Å². The fraction of sp³-hybridized carbons (Fsp3) is 0.462. The van der Waals surface area contributed by atoms with Crippen molar-refractivity contribution in [1.29, 1.82) is 0 Å². The van der Waals surface area contributed by atoms with Crippen LogP contribution in [0.1, 0.15) is 11.4 Å². The second-order valence-corrected chi connectivity index (χ2v) is 4.66. The number of hydrogen-bond donors (Lipinski definition) is 2. The Hall–Kier alpha value is -2.19. The van der Waals surface area contributed by atoms with Crippen LogP contribution in [0, 0.1) is 0 Å². The van der Waals surface area contributed by atoms with Gasteiger partial charge < -0.3 is 9.47 Å². The van der Waals surface area contributed by atoms with Crippen molar-refractivity contribution in [2.75, 3.05) is 14.2 Å². The van der Waals surface area contributed by atoms with Gasteiger partial charge in [0.15, 0.2) is 17.3 Å². The lowest BCUT2D eigenvalue weighted by Crippen LogP contribution is -2.38. The summed E-state index contributed by atoms with van der Waals surface area (Å²) in [5.74, 6) is 7.67. The van der Waals surface area contributed by atoms with Crippen LogP contribution in [0.5, 0.6) is 11.5 Å². The summed E-state index contributed by atoms with van der Waals surface area (Å²) in [5, 5.41) is 11.9. The van der Waals surface area contributed by atoms with Crippen LogP contribution in [-0.4, -0.2) is 40.5 Å². The predicted octanol–water partition coefficient (Wildman–Crippen LogP) is -0.156. The second kappa shape index (κ2) is 7.00. The first-order valence-electron chi connectivity index (χ1n) is 6.56. The van der Waals surface area contributed by atoms with Gasteiger partial charge in [0.2, 0.25) is 0 Å². The van der Waals surface area contributed by atoms with Gasteiger partial charge >= 0.3 is 0 Å². The molecule has 2 rings (SSSR count). The molecular weight excluding hydrogens is 272 g/mol. The van der Waals surface area contributed by atoms with Crippen LogP contribution < -0.4 is 20.7 Å². The number of nitrogens with zero attached hydrogens (tertiary/aromatic N) is 4. The van der Waals surface area contributed by atoms with Gasteiger partial charge in [-0.1, -0.05) is 6.07 Å². The Bertz CT molecular complexity index is 586. The lowest BCUT2D eigenvalue weighted by molar-refractivity contribution is 0.354. The number of aromatic nitrogens is 4. The Morgan fingerprint density at radius 1 is 1.24 bits per heavy atom. The fourth-order valence-corrected chi connectivity index (χ4v) is 2.11. The highest BCUT2D eigenvalue weighted by Crippen LogP contribution is 2.28. The van der Waals surface area contributed by atoms with E-state index in [-0.39, 0.29) is 6.04 Å². The number of benzene rings is 1. The molecule has 0 radical (unpaired) electrons. The van der Waals surface area contributed by atoms with Gasteiger partial charge in [-0.3, -0.25) is 11.3 Å². The molecule has 1 atom stereocenters. The van der Waals surface area contributed by atoms with E-state index >= 15 is 0 Å². The second-order valence-electron chi connectivity index (χ2n) is 4.66. The number of nitrogens with one attached hydrogen (secondary N) is 1. The van der Waals surface area contributed by atoms with E-state index in [9.17, 15) is 0 Å². The van der Waals surface area contributed by atoms with Crippen LogP contribution in [0.25, 0.3) is 0 Å². The van der Waals surface area contributed by atoms with E-state index < -0.39 is 0 Å². The number of aryl methyl sites for hydroxylation is 1. The summed E-state index contributed by atoms with van der Waals surface area (Å²) in [6.07, 6.45) is 1.31. The molecule has 114 valence electrons. The summed E-state index contributed by atoms with van der Waals surface area (Å²) < 4.78 is 10.5. The number of nitrogens with two attached hydrogens (primary N) is 1. The van der Waals surface area contributed by atoms with Gasteiger partial charge in [0.05, 0.1) is 21.3 Å². The smallest absolute Gasteiger partial charge is 0.176 e. The van der Waals surface area contributed by atoms with Gasteiger partial charge in [0, 0.05) is 12.5 Å². The van der Waals surface area contributed by atoms with Gasteiger partial charge in [0.25, 0.3) is 0 Å². The van der Waals surface area contributed by atoms with Crippen LogP contribution in [0.15, 0.2) is 18.2 Å². The van der Waals surface area contributed by atoms with Crippen LogP contribution in [-0.2, 0) is 19.9 Å². The number of rotatable bonds is 7. The third kappa shape index (κ3) is 3.89. The highest BCUT2D eigenvalue weighted by atomic mass is 16.5. The molecule has 8 nitrogen and oxygen atoms in total. The summed E-state index contributed by atoms with van der Waals surface area (Å²) in [4.78, 5) is 1.43. The van der Waals surface area contributed by atoms with Crippen LogP contribution in [0.3, 0.4) is 0 Å². The van der Waals surface area contributed by atoms with Crippen LogP contribution in [0.2, 0.25) is 0 Å². The molecule has 0 aliphatic heterocycles. The normalized spacial score (nSPS) is 12.2. The van der Waals surface area contributed by atoms with Crippen molar-refractivity contribution in [2.45, 2.75) is 18.9 Å². The molecule has 1 heterocycles. The summed E-state index contributed by atoms with van der Waals surface area (Å²) in [6, 6.07) is 5.80. The molecule has 0 saturated carbocycles. The quantitative estimate of drug-likeness (QED) is 0.540. The molecule has 0 saturated heterocycles. The first kappa shape index (κ1) is 15.2. The SMILES string of the molecule is COc1ccc(CC(Cc2nnn(C)n2)NN)cc1OC. The van der Waals surface area contributed by atoms with E-state index in [0.29, 0.717) is 23.7 Å². The summed E-state index contributed by atoms with van der Waals surface area (Å²) >= 11 is 0. The largest absolute Gasteiger partial charge is 0.493 e. The van der Waals surface area contributed by atoms with Crippen LogP contribution >= 0.6 is 0 Å². The van der Waals surface area contributed by atoms with E-state index in [4.69, 9.17) is 15.3 Å². The molecule has 0 aliphatic rings. The molecule has 8 heteroatoms. The average Bonchev–Trinajstić information content (AvgIpc) is 2.91. The first-order chi connectivity index (χ1) is 10.2. The van der Waals surface area contributed by atoms with Crippen molar-refractivity contribution in [3.8, 4) is 11.5 Å². The molecule has 21 heavy (non-hydrogen) atoms. The fourth-order valence-electron chi connectivity index (χ4n) is 2.11. The van der Waals surface area contributed by atoms with E-state index in [2.05, 4.69) is 20.8 Å². The molecule has 0 spiro atoms. The van der Waals surface area contributed by atoms with Gasteiger partial charge in [-0.05, 0) is 29.3 Å². The molecule has 0 fully saturated rings. The highest BCUT2D eigenvalue weighted by Gasteiger charge is 2.14. The summed E-state index contributed by atoms with van der Waals surface area (Å²) in [7, 11) is 4.96. The Kier molecular flexibility index (Phi) is 5.07. The number of hydrogen-bond acceptors (Lipinski definition) is 7. The number of ether oxygens (including phenoxy) is 2. The zero-order valence-corrected chi connectivity index (χ0v) is 12.4. The zero-order valence-electron chi connectivity index (χ0n) is 12.4. The first-order valence-corrected chi connectivity index (χ1v) is 6.56. The van der Waals surface area contributed by atoms with E-state index in [1.165, 1.54) is 4.80 Å². The standard InChI is InChI=1S/C13H20N6O2/c1-19-17-13(16-18-19)8-10(15-14)6-9-4-5-11(20-2)12(7-9)21-3/h4-5,7,10,15H,6,8,14H2,1-3H3. The summed E-state index contributed by atoms with van der Waals surface area (Å²) in [5.41, 5.74) is 3.87. The molecule has 1 aromatic heterocycles. The Morgan fingerprint density at radius 3 is 2.57 bits per heavy atom. The maximum atomic E-state index is 5.61. The topological polar surface area (TPSA) is 100 Å². The van der Waals surface area contributed by atoms with Crippen molar-refractivity contribution in [3.63, 3.8) is 0 Å². The molecule has 3 N–H and O–H groups in total. The number of hydrazine groups is 1. The molecule has 0 bridgehead atoms. The minimum atomic E-state index is 0.00676. The predicted molar refractivity (Wildman–Crippen MR) is 76.9 cm³/mol. The van der Waals surface area contributed by atoms with Crippen molar-refractivity contribution in [3.05, 3.63) is 29.6 Å². The minimum absolute atomic E-state index is 0.00676.